The summed E-state index contributed by atoms with van der Waals surface area (Å²) in [6.07, 6.45) is 4.12. The number of anilines is 1. The summed E-state index contributed by atoms with van der Waals surface area (Å²) in [6.45, 7) is 3.20. The van der Waals surface area contributed by atoms with Gasteiger partial charge in [-0.05, 0) is 73.8 Å². The summed E-state index contributed by atoms with van der Waals surface area (Å²) in [7, 11) is 3.14. The van der Waals surface area contributed by atoms with E-state index in [0.717, 1.165) is 51.0 Å². The minimum Gasteiger partial charge on any atom is -0.497 e. The normalized spacial score (nSPS) is 18.1. The van der Waals surface area contributed by atoms with Crippen molar-refractivity contribution in [2.45, 2.75) is 38.2 Å². The first-order valence-corrected chi connectivity index (χ1v) is 13.0. The van der Waals surface area contributed by atoms with Crippen molar-refractivity contribution in [3.05, 3.63) is 52.7 Å². The van der Waals surface area contributed by atoms with Crippen LogP contribution in [0.2, 0.25) is 5.15 Å². The van der Waals surface area contributed by atoms with Gasteiger partial charge in [0.2, 0.25) is 0 Å². The van der Waals surface area contributed by atoms with Crippen molar-refractivity contribution in [3.8, 4) is 5.75 Å². The molecule has 2 aliphatic rings. The van der Waals surface area contributed by atoms with Gasteiger partial charge in [-0.15, -0.1) is 0 Å². The fourth-order valence-corrected chi connectivity index (χ4v) is 5.53. The number of nitrogens with zero attached hydrogens (tertiary/aromatic N) is 3. The molecule has 8 nitrogen and oxygen atoms in total. The zero-order chi connectivity index (χ0) is 25.7. The minimum atomic E-state index is -1.16. The van der Waals surface area contributed by atoms with Crippen LogP contribution < -0.4 is 15.0 Å². The van der Waals surface area contributed by atoms with E-state index in [4.69, 9.17) is 16.3 Å². The molecule has 0 aliphatic carbocycles. The number of hydrogen-bond acceptors (Lipinski definition) is 6. The second-order valence-electron chi connectivity index (χ2n) is 9.70. The Balaban J connectivity index is 1.23. The number of carbonyl (C=O) groups is 2. The highest BCUT2D eigenvalue weighted by Gasteiger charge is 2.30. The third kappa shape index (κ3) is 6.10. The standard InChI is InChI=1S/C27H35ClN4O4/c1-29-26(34)22-6-7-23(30-25(22)28)31-12-8-18(9-13-31)16-19-10-14-32(15-11-19)27(35)24(33)20-4-3-5-21(17-20)36-2/h3-7,17-19,24,33H,8-16H2,1-2H3,(H,29,34). The predicted octanol–water partition coefficient (Wildman–Crippen LogP) is 3.68. The first-order valence-electron chi connectivity index (χ1n) is 12.6. The van der Waals surface area contributed by atoms with Crippen LogP contribution in [0, 0.1) is 11.8 Å². The number of amides is 2. The lowest BCUT2D eigenvalue weighted by molar-refractivity contribution is -0.142. The van der Waals surface area contributed by atoms with Crippen LogP contribution >= 0.6 is 11.6 Å². The molecule has 2 N–H and O–H groups in total. The highest BCUT2D eigenvalue weighted by atomic mass is 35.5. The van der Waals surface area contributed by atoms with Crippen molar-refractivity contribution in [1.29, 1.82) is 0 Å². The largest absolute Gasteiger partial charge is 0.497 e. The van der Waals surface area contributed by atoms with Gasteiger partial charge in [-0.3, -0.25) is 9.59 Å². The van der Waals surface area contributed by atoms with Gasteiger partial charge in [0.15, 0.2) is 6.10 Å². The summed E-state index contributed by atoms with van der Waals surface area (Å²) in [4.78, 5) is 33.2. The topological polar surface area (TPSA) is 95.0 Å². The summed E-state index contributed by atoms with van der Waals surface area (Å²) in [5, 5.41) is 13.4. The van der Waals surface area contributed by atoms with Crippen LogP contribution in [0.5, 0.6) is 5.75 Å². The second-order valence-corrected chi connectivity index (χ2v) is 10.1. The third-order valence-corrected chi connectivity index (χ3v) is 7.77. The van der Waals surface area contributed by atoms with Crippen LogP contribution in [-0.2, 0) is 4.79 Å². The van der Waals surface area contributed by atoms with Gasteiger partial charge in [0.05, 0.1) is 12.7 Å². The number of piperidine rings is 2. The number of aromatic nitrogens is 1. The molecule has 2 aromatic rings. The summed E-state index contributed by atoms with van der Waals surface area (Å²) in [6, 6.07) is 10.6. The first kappa shape index (κ1) is 26.2. The Hall–Kier alpha value is -2.84. The average molecular weight is 515 g/mol. The molecule has 2 amide bonds. The SMILES string of the molecule is CNC(=O)c1ccc(N2CCC(CC3CCN(C(=O)C(O)c4cccc(OC)c4)CC3)CC2)nc1Cl. The average Bonchev–Trinajstić information content (AvgIpc) is 2.92. The van der Waals surface area contributed by atoms with Gasteiger partial charge in [0, 0.05) is 33.2 Å². The van der Waals surface area contributed by atoms with E-state index in [0.29, 0.717) is 41.8 Å². The van der Waals surface area contributed by atoms with Crippen molar-refractivity contribution in [2.24, 2.45) is 11.8 Å². The Labute approximate surface area is 217 Å². The predicted molar refractivity (Wildman–Crippen MR) is 139 cm³/mol. The van der Waals surface area contributed by atoms with Gasteiger partial charge in [-0.2, -0.15) is 0 Å². The fraction of sp³-hybridized carbons (Fsp3) is 0.519. The number of aliphatic hydroxyl groups is 1. The second kappa shape index (κ2) is 11.9. The first-order chi connectivity index (χ1) is 17.4. The Kier molecular flexibility index (Phi) is 8.69. The maximum Gasteiger partial charge on any atom is 0.256 e. The summed E-state index contributed by atoms with van der Waals surface area (Å²) in [5.74, 6) is 2.22. The lowest BCUT2D eigenvalue weighted by Gasteiger charge is -2.37. The summed E-state index contributed by atoms with van der Waals surface area (Å²) >= 11 is 6.23. The number of aliphatic hydroxyl groups excluding tert-OH is 1. The van der Waals surface area contributed by atoms with Crippen molar-refractivity contribution in [3.63, 3.8) is 0 Å². The molecule has 2 saturated heterocycles. The number of carbonyl (C=O) groups excluding carboxylic acids is 2. The molecule has 194 valence electrons. The van der Waals surface area contributed by atoms with Crippen LogP contribution in [0.15, 0.2) is 36.4 Å². The maximum absolute atomic E-state index is 12.9. The van der Waals surface area contributed by atoms with Gasteiger partial charge in [0.25, 0.3) is 11.8 Å². The summed E-state index contributed by atoms with van der Waals surface area (Å²) < 4.78 is 5.21. The molecular formula is C27H35ClN4O4. The zero-order valence-corrected chi connectivity index (χ0v) is 21.7. The zero-order valence-electron chi connectivity index (χ0n) is 21.0. The Morgan fingerprint density at radius 3 is 2.39 bits per heavy atom. The lowest BCUT2D eigenvalue weighted by Crippen LogP contribution is -2.42. The van der Waals surface area contributed by atoms with E-state index in [1.54, 1.807) is 49.4 Å². The van der Waals surface area contributed by atoms with E-state index in [9.17, 15) is 14.7 Å². The molecule has 3 heterocycles. The van der Waals surface area contributed by atoms with Crippen molar-refractivity contribution >= 4 is 29.2 Å². The van der Waals surface area contributed by atoms with Crippen LogP contribution in [-0.4, -0.2) is 67.1 Å². The van der Waals surface area contributed by atoms with Crippen LogP contribution in [0.25, 0.3) is 0 Å². The van der Waals surface area contributed by atoms with Gasteiger partial charge in [0.1, 0.15) is 16.7 Å². The van der Waals surface area contributed by atoms with E-state index in [1.807, 2.05) is 6.07 Å². The number of pyridine rings is 1. The number of hydrogen-bond donors (Lipinski definition) is 2. The molecular weight excluding hydrogens is 480 g/mol. The smallest absolute Gasteiger partial charge is 0.256 e. The van der Waals surface area contributed by atoms with Crippen molar-refractivity contribution in [1.82, 2.24) is 15.2 Å². The Morgan fingerprint density at radius 1 is 1.11 bits per heavy atom. The molecule has 2 fully saturated rings. The molecule has 0 saturated carbocycles. The van der Waals surface area contributed by atoms with Gasteiger partial charge < -0.3 is 25.0 Å². The minimum absolute atomic E-state index is 0.229. The van der Waals surface area contributed by atoms with Gasteiger partial charge >= 0.3 is 0 Å². The van der Waals surface area contributed by atoms with E-state index < -0.39 is 6.10 Å². The van der Waals surface area contributed by atoms with Crippen LogP contribution in [0.4, 0.5) is 5.82 Å². The molecule has 1 aromatic heterocycles. The Bertz CT molecular complexity index is 1070. The van der Waals surface area contributed by atoms with Gasteiger partial charge in [-0.25, -0.2) is 4.98 Å². The van der Waals surface area contributed by atoms with Crippen LogP contribution in [0.1, 0.15) is 54.1 Å². The van der Waals surface area contributed by atoms with Crippen molar-refractivity contribution < 1.29 is 19.4 Å². The summed E-state index contributed by atoms with van der Waals surface area (Å²) in [5.41, 5.74) is 0.950. The number of rotatable bonds is 7. The third-order valence-electron chi connectivity index (χ3n) is 7.48. The monoisotopic (exact) mass is 514 g/mol. The molecule has 1 unspecified atom stereocenters. The molecule has 0 bridgehead atoms. The number of nitrogens with one attached hydrogen (secondary N) is 1. The molecule has 1 aromatic carbocycles. The van der Waals surface area contributed by atoms with E-state index >= 15 is 0 Å². The highest BCUT2D eigenvalue weighted by molar-refractivity contribution is 6.32. The quantitative estimate of drug-likeness (QED) is 0.547. The molecule has 4 rings (SSSR count). The number of ether oxygens (including phenoxy) is 1. The lowest BCUT2D eigenvalue weighted by atomic mass is 9.82. The van der Waals surface area contributed by atoms with E-state index in [-0.39, 0.29) is 17.0 Å². The van der Waals surface area contributed by atoms with Crippen molar-refractivity contribution in [2.75, 3.05) is 45.2 Å². The molecule has 36 heavy (non-hydrogen) atoms. The van der Waals surface area contributed by atoms with E-state index in [2.05, 4.69) is 15.2 Å². The fourth-order valence-electron chi connectivity index (χ4n) is 5.29. The Morgan fingerprint density at radius 2 is 1.78 bits per heavy atom. The molecule has 1 atom stereocenters. The molecule has 2 aliphatic heterocycles. The molecule has 9 heteroatoms. The number of likely N-dealkylation sites (tertiary alicyclic amines) is 1. The maximum atomic E-state index is 12.9. The molecule has 0 spiro atoms. The molecule has 0 radical (unpaired) electrons. The number of methoxy groups -OCH3 is 1. The highest BCUT2D eigenvalue weighted by Crippen LogP contribution is 2.32. The van der Waals surface area contributed by atoms with Gasteiger partial charge in [-0.1, -0.05) is 23.7 Å². The number of benzene rings is 1. The number of halogens is 1. The van der Waals surface area contributed by atoms with E-state index in [1.165, 1.54) is 0 Å². The van der Waals surface area contributed by atoms with Crippen LogP contribution in [0.3, 0.4) is 0 Å².